The number of carbonyl (C=O) groups excluding carboxylic acids is 1. The van der Waals surface area contributed by atoms with Crippen LogP contribution >= 0.6 is 0 Å². The summed E-state index contributed by atoms with van der Waals surface area (Å²) < 4.78 is 5.19. The number of rotatable bonds is 6. The normalized spacial score (nSPS) is 14.7. The Balaban J connectivity index is 1.47. The van der Waals surface area contributed by atoms with Gasteiger partial charge in [0.1, 0.15) is 11.6 Å². The van der Waals surface area contributed by atoms with E-state index in [1.54, 1.807) is 13.3 Å². The van der Waals surface area contributed by atoms with Gasteiger partial charge in [-0.1, -0.05) is 12.1 Å². The highest BCUT2D eigenvalue weighted by atomic mass is 16.5. The van der Waals surface area contributed by atoms with Crippen LogP contribution < -0.4 is 20.3 Å². The SMILES string of the molecule is COc1cccc(CNC(=O)NCc2ccnc(N3CCN(C)CC3)c2)c1. The van der Waals surface area contributed by atoms with Crippen LogP contribution in [-0.4, -0.2) is 56.3 Å². The summed E-state index contributed by atoms with van der Waals surface area (Å²) in [7, 11) is 3.76. The van der Waals surface area contributed by atoms with Gasteiger partial charge >= 0.3 is 6.03 Å². The lowest BCUT2D eigenvalue weighted by Gasteiger charge is -2.33. The van der Waals surface area contributed by atoms with Gasteiger partial charge in [0.2, 0.25) is 0 Å². The predicted molar refractivity (Wildman–Crippen MR) is 106 cm³/mol. The van der Waals surface area contributed by atoms with Gasteiger partial charge in [-0.05, 0) is 42.4 Å². The minimum atomic E-state index is -0.198. The quantitative estimate of drug-likeness (QED) is 0.813. The summed E-state index contributed by atoms with van der Waals surface area (Å²) in [5, 5.41) is 5.77. The summed E-state index contributed by atoms with van der Waals surface area (Å²) in [5.74, 6) is 1.75. The van der Waals surface area contributed by atoms with Gasteiger partial charge in [0.25, 0.3) is 0 Å². The van der Waals surface area contributed by atoms with Crippen molar-refractivity contribution in [2.45, 2.75) is 13.1 Å². The summed E-state index contributed by atoms with van der Waals surface area (Å²) in [6.45, 7) is 4.94. The Kier molecular flexibility index (Phi) is 6.49. The summed E-state index contributed by atoms with van der Waals surface area (Å²) in [6.07, 6.45) is 1.80. The molecular formula is C20H27N5O2. The lowest BCUT2D eigenvalue weighted by molar-refractivity contribution is 0.240. The maximum atomic E-state index is 12.1. The number of nitrogens with one attached hydrogen (secondary N) is 2. The van der Waals surface area contributed by atoms with E-state index in [-0.39, 0.29) is 6.03 Å². The van der Waals surface area contributed by atoms with Crippen molar-refractivity contribution in [2.24, 2.45) is 0 Å². The molecule has 2 aromatic rings. The molecule has 0 atom stereocenters. The number of hydrogen-bond donors (Lipinski definition) is 2. The molecule has 1 aliphatic heterocycles. The topological polar surface area (TPSA) is 69.7 Å². The number of amides is 2. The first-order chi connectivity index (χ1) is 13.1. The van der Waals surface area contributed by atoms with Gasteiger partial charge in [0, 0.05) is 45.5 Å². The monoisotopic (exact) mass is 369 g/mol. The van der Waals surface area contributed by atoms with E-state index < -0.39 is 0 Å². The Morgan fingerprint density at radius 3 is 2.48 bits per heavy atom. The predicted octanol–water partition coefficient (Wildman–Crippen LogP) is 1.84. The second-order valence-electron chi connectivity index (χ2n) is 6.70. The van der Waals surface area contributed by atoms with Crippen LogP contribution in [0.5, 0.6) is 5.75 Å². The molecule has 1 aliphatic rings. The van der Waals surface area contributed by atoms with Gasteiger partial charge in [-0.15, -0.1) is 0 Å². The molecule has 2 heterocycles. The van der Waals surface area contributed by atoms with E-state index in [1.807, 2.05) is 36.4 Å². The van der Waals surface area contributed by atoms with Crippen LogP contribution in [0, 0.1) is 0 Å². The molecular weight excluding hydrogens is 342 g/mol. The van der Waals surface area contributed by atoms with Gasteiger partial charge in [0.05, 0.1) is 7.11 Å². The van der Waals surface area contributed by atoms with Crippen LogP contribution in [0.2, 0.25) is 0 Å². The number of anilines is 1. The molecule has 0 saturated carbocycles. The molecule has 1 saturated heterocycles. The highest BCUT2D eigenvalue weighted by Gasteiger charge is 2.15. The molecule has 1 fully saturated rings. The van der Waals surface area contributed by atoms with Gasteiger partial charge in [-0.25, -0.2) is 9.78 Å². The Morgan fingerprint density at radius 1 is 1.07 bits per heavy atom. The lowest BCUT2D eigenvalue weighted by Crippen LogP contribution is -2.44. The van der Waals surface area contributed by atoms with E-state index in [4.69, 9.17) is 4.74 Å². The highest BCUT2D eigenvalue weighted by molar-refractivity contribution is 5.73. The van der Waals surface area contributed by atoms with Crippen molar-refractivity contribution in [3.8, 4) is 5.75 Å². The lowest BCUT2D eigenvalue weighted by atomic mass is 10.2. The molecule has 144 valence electrons. The average Bonchev–Trinajstić information content (AvgIpc) is 2.71. The van der Waals surface area contributed by atoms with Crippen LogP contribution in [0.1, 0.15) is 11.1 Å². The van der Waals surface area contributed by atoms with Crippen molar-refractivity contribution >= 4 is 11.8 Å². The Morgan fingerprint density at radius 2 is 1.78 bits per heavy atom. The van der Waals surface area contributed by atoms with Crippen LogP contribution in [0.3, 0.4) is 0 Å². The third-order valence-corrected chi connectivity index (χ3v) is 4.68. The fourth-order valence-electron chi connectivity index (χ4n) is 2.99. The Hall–Kier alpha value is -2.80. The number of methoxy groups -OCH3 is 1. The number of benzene rings is 1. The number of likely N-dealkylation sites (N-methyl/N-ethyl adjacent to an activating group) is 1. The summed E-state index contributed by atoms with van der Waals surface area (Å²) >= 11 is 0. The second kappa shape index (κ2) is 9.23. The molecule has 0 unspecified atom stereocenters. The van der Waals surface area contributed by atoms with E-state index in [1.165, 1.54) is 0 Å². The largest absolute Gasteiger partial charge is 0.497 e. The van der Waals surface area contributed by atoms with E-state index >= 15 is 0 Å². The van der Waals surface area contributed by atoms with Crippen LogP contribution in [-0.2, 0) is 13.1 Å². The standard InChI is InChI=1S/C20H27N5O2/c1-24-8-10-25(11-9-24)19-13-17(6-7-21-19)15-23-20(26)22-14-16-4-3-5-18(12-16)27-2/h3-7,12-13H,8-11,14-15H2,1-2H3,(H2,22,23,26). The number of pyridine rings is 1. The number of ether oxygens (including phenoxy) is 1. The van der Waals surface area contributed by atoms with Crippen molar-refractivity contribution in [3.05, 3.63) is 53.7 Å². The number of aromatic nitrogens is 1. The number of carbonyl (C=O) groups is 1. The van der Waals surface area contributed by atoms with E-state index in [9.17, 15) is 4.79 Å². The van der Waals surface area contributed by atoms with Gasteiger partial charge in [-0.3, -0.25) is 0 Å². The first-order valence-electron chi connectivity index (χ1n) is 9.17. The van der Waals surface area contributed by atoms with Gasteiger partial charge in [-0.2, -0.15) is 0 Å². The maximum Gasteiger partial charge on any atom is 0.315 e. The zero-order valence-electron chi connectivity index (χ0n) is 15.9. The minimum Gasteiger partial charge on any atom is -0.497 e. The fraction of sp³-hybridized carbons (Fsp3) is 0.400. The first kappa shape index (κ1) is 19.0. The molecule has 0 radical (unpaired) electrons. The second-order valence-corrected chi connectivity index (χ2v) is 6.70. The van der Waals surface area contributed by atoms with E-state index in [0.717, 1.165) is 48.9 Å². The molecule has 0 spiro atoms. The van der Waals surface area contributed by atoms with Gasteiger partial charge in [0.15, 0.2) is 0 Å². The summed E-state index contributed by atoms with van der Waals surface area (Å²) in [6, 6.07) is 11.4. The van der Waals surface area contributed by atoms with E-state index in [0.29, 0.717) is 13.1 Å². The molecule has 7 heteroatoms. The molecule has 2 N–H and O–H groups in total. The number of urea groups is 1. The third kappa shape index (κ3) is 5.59. The Bertz CT molecular complexity index is 760. The number of hydrogen-bond acceptors (Lipinski definition) is 5. The molecule has 0 aliphatic carbocycles. The zero-order valence-corrected chi connectivity index (χ0v) is 15.9. The van der Waals surface area contributed by atoms with Crippen molar-refractivity contribution < 1.29 is 9.53 Å². The van der Waals surface area contributed by atoms with Crippen LogP contribution in [0.25, 0.3) is 0 Å². The molecule has 3 rings (SSSR count). The smallest absolute Gasteiger partial charge is 0.315 e. The van der Waals surface area contributed by atoms with Crippen molar-refractivity contribution in [1.82, 2.24) is 20.5 Å². The Labute approximate surface area is 160 Å². The number of piperazine rings is 1. The van der Waals surface area contributed by atoms with E-state index in [2.05, 4.69) is 32.5 Å². The van der Waals surface area contributed by atoms with Crippen molar-refractivity contribution in [2.75, 3.05) is 45.2 Å². The van der Waals surface area contributed by atoms with Gasteiger partial charge < -0.3 is 25.2 Å². The molecule has 1 aromatic carbocycles. The summed E-state index contributed by atoms with van der Waals surface area (Å²) in [5.41, 5.74) is 2.03. The fourth-order valence-corrected chi connectivity index (χ4v) is 2.99. The first-order valence-corrected chi connectivity index (χ1v) is 9.17. The molecule has 1 aromatic heterocycles. The molecule has 0 bridgehead atoms. The molecule has 27 heavy (non-hydrogen) atoms. The minimum absolute atomic E-state index is 0.198. The third-order valence-electron chi connectivity index (χ3n) is 4.68. The van der Waals surface area contributed by atoms with Crippen molar-refractivity contribution in [3.63, 3.8) is 0 Å². The highest BCUT2D eigenvalue weighted by Crippen LogP contribution is 2.15. The molecule has 7 nitrogen and oxygen atoms in total. The average molecular weight is 369 g/mol. The van der Waals surface area contributed by atoms with Crippen molar-refractivity contribution in [1.29, 1.82) is 0 Å². The number of nitrogens with zero attached hydrogens (tertiary/aromatic N) is 3. The molecule has 2 amide bonds. The zero-order chi connectivity index (χ0) is 19.1. The van der Waals surface area contributed by atoms with Crippen LogP contribution in [0.15, 0.2) is 42.6 Å². The maximum absolute atomic E-state index is 12.1. The summed E-state index contributed by atoms with van der Waals surface area (Å²) in [4.78, 5) is 21.2. The van der Waals surface area contributed by atoms with Crippen LogP contribution in [0.4, 0.5) is 10.6 Å².